The molecule has 0 aliphatic rings. The van der Waals surface area contributed by atoms with Gasteiger partial charge < -0.3 is 9.67 Å². The molecule has 1 atom stereocenters. The van der Waals surface area contributed by atoms with Crippen molar-refractivity contribution in [2.45, 2.75) is 19.6 Å². The maximum atomic E-state index is 9.14. The van der Waals surface area contributed by atoms with Crippen molar-refractivity contribution in [3.05, 3.63) is 24.0 Å². The molecule has 2 nitrogen and oxygen atoms in total. The third-order valence-electron chi connectivity index (χ3n) is 1.53. The molecule has 1 N–H and O–H groups in total. The van der Waals surface area contributed by atoms with Gasteiger partial charge in [-0.05, 0) is 18.6 Å². The number of hydrogen-bond acceptors (Lipinski definition) is 1. The molecule has 0 saturated carbocycles. The van der Waals surface area contributed by atoms with E-state index in [1.54, 1.807) is 6.92 Å². The quantitative estimate of drug-likeness (QED) is 0.627. The zero-order valence-electron chi connectivity index (χ0n) is 6.49. The molecule has 1 aromatic rings. The molecule has 0 radical (unpaired) electrons. The normalized spacial score (nSPS) is 12.5. The van der Waals surface area contributed by atoms with Crippen LogP contribution in [-0.2, 0) is 6.54 Å². The lowest BCUT2D eigenvalue weighted by molar-refractivity contribution is 0.199. The van der Waals surface area contributed by atoms with Crippen LogP contribution in [0.5, 0.6) is 0 Å². The summed E-state index contributed by atoms with van der Waals surface area (Å²) in [7, 11) is 0. The lowest BCUT2D eigenvalue weighted by Gasteiger charge is -1.98. The van der Waals surface area contributed by atoms with E-state index < -0.39 is 6.10 Å². The van der Waals surface area contributed by atoms with Crippen molar-refractivity contribution in [2.24, 2.45) is 0 Å². The molecule has 1 rings (SSSR count). The van der Waals surface area contributed by atoms with Crippen molar-refractivity contribution in [2.75, 3.05) is 0 Å². The number of rotatable bonds is 2. The second-order valence-corrected chi connectivity index (χ2v) is 2.50. The first kappa shape index (κ1) is 7.90. The zero-order chi connectivity index (χ0) is 8.27. The topological polar surface area (TPSA) is 25.2 Å². The van der Waals surface area contributed by atoms with Crippen LogP contribution in [0.2, 0.25) is 0 Å². The molecule has 0 aliphatic carbocycles. The van der Waals surface area contributed by atoms with Gasteiger partial charge in [0.05, 0.1) is 12.6 Å². The molecule has 0 aliphatic heterocycles. The van der Waals surface area contributed by atoms with E-state index >= 15 is 0 Å². The molecule has 0 spiro atoms. The minimum atomic E-state index is -0.408. The van der Waals surface area contributed by atoms with Crippen LogP contribution < -0.4 is 0 Å². The molecule has 1 aromatic heterocycles. The van der Waals surface area contributed by atoms with E-state index in [0.717, 1.165) is 5.56 Å². The first-order chi connectivity index (χ1) is 5.24. The van der Waals surface area contributed by atoms with E-state index in [1.165, 1.54) is 0 Å². The second kappa shape index (κ2) is 3.27. The predicted octanol–water partition coefficient (Wildman–Crippen LogP) is 1.17. The van der Waals surface area contributed by atoms with Crippen LogP contribution in [0, 0.1) is 12.3 Å². The summed E-state index contributed by atoms with van der Waals surface area (Å²) in [6.45, 7) is 2.29. The summed E-state index contributed by atoms with van der Waals surface area (Å²) in [6.07, 6.45) is 8.42. The van der Waals surface area contributed by atoms with Crippen LogP contribution in [-0.4, -0.2) is 9.67 Å². The molecule has 2 heteroatoms. The minimum Gasteiger partial charge on any atom is -0.389 e. The number of aliphatic hydroxyl groups excluding tert-OH is 1. The van der Waals surface area contributed by atoms with Crippen LogP contribution in [0.3, 0.4) is 0 Å². The number of hydrogen-bond donors (Lipinski definition) is 1. The van der Waals surface area contributed by atoms with Crippen LogP contribution >= 0.6 is 0 Å². The molecular weight excluding hydrogens is 138 g/mol. The van der Waals surface area contributed by atoms with Crippen molar-refractivity contribution >= 4 is 0 Å². The van der Waals surface area contributed by atoms with E-state index in [9.17, 15) is 0 Å². The summed E-state index contributed by atoms with van der Waals surface area (Å²) in [4.78, 5) is 0. The molecule has 0 amide bonds. The van der Waals surface area contributed by atoms with Gasteiger partial charge in [0.15, 0.2) is 0 Å². The summed E-state index contributed by atoms with van der Waals surface area (Å²) in [5.74, 6) is 2.52. The van der Waals surface area contributed by atoms with E-state index in [0.29, 0.717) is 6.54 Å². The summed E-state index contributed by atoms with van der Waals surface area (Å²) in [6, 6.07) is 1.86. The van der Waals surface area contributed by atoms with E-state index in [2.05, 4.69) is 5.92 Å². The summed E-state index contributed by atoms with van der Waals surface area (Å²) in [5.41, 5.74) is 0.903. The molecule has 0 fully saturated rings. The molecule has 0 bridgehead atoms. The van der Waals surface area contributed by atoms with Crippen molar-refractivity contribution in [1.82, 2.24) is 4.57 Å². The van der Waals surface area contributed by atoms with Gasteiger partial charge in [-0.25, -0.2) is 0 Å². The smallest absolute Gasteiger partial charge is 0.0829 e. The number of aliphatic hydroxyl groups is 1. The Morgan fingerprint density at radius 2 is 2.55 bits per heavy atom. The van der Waals surface area contributed by atoms with E-state index in [4.69, 9.17) is 11.5 Å². The van der Waals surface area contributed by atoms with Gasteiger partial charge in [-0.2, -0.15) is 0 Å². The third kappa shape index (κ3) is 1.86. The van der Waals surface area contributed by atoms with Crippen molar-refractivity contribution in [1.29, 1.82) is 0 Å². The highest BCUT2D eigenvalue weighted by molar-refractivity contribution is 5.13. The highest BCUT2D eigenvalue weighted by Crippen LogP contribution is 2.11. The van der Waals surface area contributed by atoms with Crippen LogP contribution in [0.1, 0.15) is 18.6 Å². The van der Waals surface area contributed by atoms with Gasteiger partial charge in [0.2, 0.25) is 0 Å². The lowest BCUT2D eigenvalue weighted by Crippen LogP contribution is -1.91. The fourth-order valence-corrected chi connectivity index (χ4v) is 0.910. The standard InChI is InChI=1S/C9H11NO/c1-3-5-10-6-4-9(7-10)8(2)11/h1,4,6-8,11H,5H2,2H3. The molecule has 1 unspecified atom stereocenters. The fourth-order valence-electron chi connectivity index (χ4n) is 0.910. The van der Waals surface area contributed by atoms with E-state index in [1.807, 2.05) is 23.0 Å². The van der Waals surface area contributed by atoms with Crippen LogP contribution in [0.15, 0.2) is 18.5 Å². The van der Waals surface area contributed by atoms with Gasteiger partial charge in [-0.3, -0.25) is 0 Å². The van der Waals surface area contributed by atoms with Crippen LogP contribution in [0.4, 0.5) is 0 Å². The Labute approximate surface area is 66.5 Å². The zero-order valence-corrected chi connectivity index (χ0v) is 6.49. The Hall–Kier alpha value is -1.20. The predicted molar refractivity (Wildman–Crippen MR) is 43.9 cm³/mol. The fraction of sp³-hybridized carbons (Fsp3) is 0.333. The number of terminal acetylenes is 1. The minimum absolute atomic E-state index is 0.408. The third-order valence-corrected chi connectivity index (χ3v) is 1.53. The monoisotopic (exact) mass is 149 g/mol. The highest BCUT2D eigenvalue weighted by atomic mass is 16.3. The van der Waals surface area contributed by atoms with Crippen molar-refractivity contribution in [3.8, 4) is 12.3 Å². The Morgan fingerprint density at radius 1 is 1.82 bits per heavy atom. The Morgan fingerprint density at radius 3 is 3.00 bits per heavy atom. The van der Waals surface area contributed by atoms with Crippen LogP contribution in [0.25, 0.3) is 0 Å². The van der Waals surface area contributed by atoms with Gasteiger partial charge >= 0.3 is 0 Å². The second-order valence-electron chi connectivity index (χ2n) is 2.50. The molecular formula is C9H11NO. The average Bonchev–Trinajstić information content (AvgIpc) is 2.37. The Balaban J connectivity index is 2.75. The highest BCUT2D eigenvalue weighted by Gasteiger charge is 2.00. The van der Waals surface area contributed by atoms with Gasteiger partial charge in [-0.15, -0.1) is 6.42 Å². The van der Waals surface area contributed by atoms with Crippen molar-refractivity contribution < 1.29 is 5.11 Å². The summed E-state index contributed by atoms with van der Waals surface area (Å²) in [5, 5.41) is 9.14. The first-order valence-electron chi connectivity index (χ1n) is 3.51. The Kier molecular flexibility index (Phi) is 2.35. The Bertz CT molecular complexity index is 267. The van der Waals surface area contributed by atoms with Gasteiger partial charge in [0.1, 0.15) is 0 Å². The van der Waals surface area contributed by atoms with Gasteiger partial charge in [0, 0.05) is 12.4 Å². The SMILES string of the molecule is C#CCn1ccc(C(C)O)c1. The largest absolute Gasteiger partial charge is 0.389 e. The summed E-state index contributed by atoms with van der Waals surface area (Å²) < 4.78 is 1.86. The van der Waals surface area contributed by atoms with Gasteiger partial charge in [0.25, 0.3) is 0 Å². The number of aromatic nitrogens is 1. The molecule has 0 aromatic carbocycles. The first-order valence-corrected chi connectivity index (χ1v) is 3.51. The van der Waals surface area contributed by atoms with Gasteiger partial charge in [-0.1, -0.05) is 5.92 Å². The molecule has 1 heterocycles. The maximum absolute atomic E-state index is 9.14. The van der Waals surface area contributed by atoms with Crippen molar-refractivity contribution in [3.63, 3.8) is 0 Å². The average molecular weight is 149 g/mol. The maximum Gasteiger partial charge on any atom is 0.0829 e. The lowest BCUT2D eigenvalue weighted by atomic mass is 10.2. The number of nitrogens with zero attached hydrogens (tertiary/aromatic N) is 1. The molecule has 11 heavy (non-hydrogen) atoms. The molecule has 58 valence electrons. The van der Waals surface area contributed by atoms with E-state index in [-0.39, 0.29) is 0 Å². The summed E-state index contributed by atoms with van der Waals surface area (Å²) >= 11 is 0. The molecule has 0 saturated heterocycles.